The monoisotopic (exact) mass is 411 g/mol. The van der Waals surface area contributed by atoms with Crippen LogP contribution in [0.1, 0.15) is 27.9 Å². The molecule has 0 amide bonds. The van der Waals surface area contributed by atoms with E-state index in [9.17, 15) is 18.0 Å². The standard InChI is InChI=1S/C23H16F3NO3/c24-23(25,26)22(14-21(27-30-22)17-8-6-16(15-28)7-9-17)18-10-12-20(13-11-18)29-19-4-2-1-3-5-19/h1-13,15H,14H2. The predicted molar refractivity (Wildman–Crippen MR) is 105 cm³/mol. The first-order chi connectivity index (χ1) is 14.4. The smallest absolute Gasteiger partial charge is 0.435 e. The van der Waals surface area contributed by atoms with Crippen molar-refractivity contribution in [2.24, 2.45) is 5.16 Å². The maximum atomic E-state index is 14.1. The zero-order valence-corrected chi connectivity index (χ0v) is 15.6. The van der Waals surface area contributed by atoms with Gasteiger partial charge in [0.15, 0.2) is 0 Å². The van der Waals surface area contributed by atoms with E-state index in [0.29, 0.717) is 28.9 Å². The van der Waals surface area contributed by atoms with Gasteiger partial charge < -0.3 is 9.57 Å². The SMILES string of the molecule is O=Cc1ccc(C2=NOC(c3ccc(Oc4ccccc4)cc3)(C(F)(F)F)C2)cc1. The number of ether oxygens (including phenoxy) is 1. The Morgan fingerprint density at radius 2 is 1.53 bits per heavy atom. The van der Waals surface area contributed by atoms with Crippen LogP contribution in [-0.2, 0) is 10.4 Å². The third-order valence-corrected chi connectivity index (χ3v) is 4.87. The summed E-state index contributed by atoms with van der Waals surface area (Å²) in [5.74, 6) is 0.989. The highest BCUT2D eigenvalue weighted by Gasteiger charge is 2.62. The largest absolute Gasteiger partial charge is 0.457 e. The molecule has 1 aliphatic rings. The summed E-state index contributed by atoms with van der Waals surface area (Å²) in [6, 6.07) is 20.7. The van der Waals surface area contributed by atoms with Crippen LogP contribution in [0, 0.1) is 0 Å². The first-order valence-corrected chi connectivity index (χ1v) is 9.12. The topological polar surface area (TPSA) is 47.9 Å². The second-order valence-electron chi connectivity index (χ2n) is 6.81. The second-order valence-corrected chi connectivity index (χ2v) is 6.81. The third kappa shape index (κ3) is 3.66. The van der Waals surface area contributed by atoms with Crippen molar-refractivity contribution in [1.82, 2.24) is 0 Å². The van der Waals surface area contributed by atoms with Crippen LogP contribution in [0.2, 0.25) is 0 Å². The van der Waals surface area contributed by atoms with Gasteiger partial charge in [0.25, 0.3) is 5.60 Å². The Bertz CT molecular complexity index is 1060. The molecule has 0 spiro atoms. The molecule has 4 rings (SSSR count). The summed E-state index contributed by atoms with van der Waals surface area (Å²) < 4.78 is 47.9. The Morgan fingerprint density at radius 3 is 2.13 bits per heavy atom. The quantitative estimate of drug-likeness (QED) is 0.493. The van der Waals surface area contributed by atoms with Gasteiger partial charge in [-0.25, -0.2) is 0 Å². The molecule has 0 aliphatic carbocycles. The van der Waals surface area contributed by atoms with E-state index in [2.05, 4.69) is 5.16 Å². The summed E-state index contributed by atoms with van der Waals surface area (Å²) in [5.41, 5.74) is -1.60. The van der Waals surface area contributed by atoms with Gasteiger partial charge in [0.2, 0.25) is 0 Å². The molecule has 0 fully saturated rings. The Morgan fingerprint density at radius 1 is 0.900 bits per heavy atom. The van der Waals surface area contributed by atoms with Gasteiger partial charge in [0, 0.05) is 17.5 Å². The third-order valence-electron chi connectivity index (χ3n) is 4.87. The molecule has 0 N–H and O–H groups in total. The van der Waals surface area contributed by atoms with Gasteiger partial charge in [-0.15, -0.1) is 0 Å². The summed E-state index contributed by atoms with van der Waals surface area (Å²) in [7, 11) is 0. The van der Waals surface area contributed by atoms with E-state index in [0.717, 1.165) is 0 Å². The summed E-state index contributed by atoms with van der Waals surface area (Å²) in [6.07, 6.45) is -4.51. The highest BCUT2D eigenvalue weighted by atomic mass is 19.4. The first kappa shape index (κ1) is 19.7. The lowest BCUT2D eigenvalue weighted by atomic mass is 9.86. The molecule has 1 heterocycles. The van der Waals surface area contributed by atoms with Crippen LogP contribution in [0.15, 0.2) is 84.0 Å². The van der Waals surface area contributed by atoms with Crippen molar-refractivity contribution in [2.75, 3.05) is 0 Å². The lowest BCUT2D eigenvalue weighted by Crippen LogP contribution is -2.42. The van der Waals surface area contributed by atoms with E-state index in [1.165, 1.54) is 36.4 Å². The van der Waals surface area contributed by atoms with E-state index >= 15 is 0 Å². The predicted octanol–water partition coefficient (Wildman–Crippen LogP) is 5.87. The van der Waals surface area contributed by atoms with Crippen LogP contribution in [0.25, 0.3) is 0 Å². The molecular weight excluding hydrogens is 395 g/mol. The number of aldehydes is 1. The molecule has 3 aromatic rings. The highest BCUT2D eigenvalue weighted by Crippen LogP contribution is 2.49. The molecule has 0 saturated carbocycles. The molecule has 3 aromatic carbocycles. The number of carbonyl (C=O) groups excluding carboxylic acids is 1. The number of hydrogen-bond donors (Lipinski definition) is 0. The number of para-hydroxylation sites is 1. The van der Waals surface area contributed by atoms with Crippen molar-refractivity contribution in [3.8, 4) is 11.5 Å². The van der Waals surface area contributed by atoms with Gasteiger partial charge in [-0.1, -0.05) is 59.8 Å². The molecule has 1 atom stereocenters. The van der Waals surface area contributed by atoms with Crippen molar-refractivity contribution < 1.29 is 27.5 Å². The fraction of sp³-hybridized carbons (Fsp3) is 0.130. The van der Waals surface area contributed by atoms with E-state index in [1.807, 2.05) is 6.07 Å². The lowest BCUT2D eigenvalue weighted by Gasteiger charge is -2.29. The summed E-state index contributed by atoms with van der Waals surface area (Å²) >= 11 is 0. The Hall–Kier alpha value is -3.61. The van der Waals surface area contributed by atoms with Crippen LogP contribution in [0.5, 0.6) is 11.5 Å². The van der Waals surface area contributed by atoms with E-state index < -0.39 is 18.2 Å². The van der Waals surface area contributed by atoms with Gasteiger partial charge >= 0.3 is 6.18 Å². The van der Waals surface area contributed by atoms with Gasteiger partial charge in [-0.05, 0) is 29.8 Å². The van der Waals surface area contributed by atoms with Gasteiger partial charge in [0.1, 0.15) is 17.8 Å². The van der Waals surface area contributed by atoms with Crippen LogP contribution in [0.4, 0.5) is 13.2 Å². The average molecular weight is 411 g/mol. The zero-order valence-electron chi connectivity index (χ0n) is 15.6. The maximum Gasteiger partial charge on any atom is 0.435 e. The molecule has 0 aromatic heterocycles. The number of nitrogens with zero attached hydrogens (tertiary/aromatic N) is 1. The number of benzene rings is 3. The molecule has 0 bridgehead atoms. The lowest BCUT2D eigenvalue weighted by molar-refractivity contribution is -0.275. The molecule has 1 unspecified atom stereocenters. The van der Waals surface area contributed by atoms with Crippen LogP contribution >= 0.6 is 0 Å². The molecule has 30 heavy (non-hydrogen) atoms. The van der Waals surface area contributed by atoms with Crippen molar-refractivity contribution in [1.29, 1.82) is 0 Å². The highest BCUT2D eigenvalue weighted by molar-refractivity contribution is 6.02. The molecule has 1 aliphatic heterocycles. The number of hydrogen-bond acceptors (Lipinski definition) is 4. The number of carbonyl (C=O) groups is 1. The summed E-state index contributed by atoms with van der Waals surface area (Å²) in [5, 5.41) is 3.73. The minimum Gasteiger partial charge on any atom is -0.457 e. The van der Waals surface area contributed by atoms with Gasteiger partial charge in [-0.2, -0.15) is 13.2 Å². The molecule has 4 nitrogen and oxygen atoms in total. The van der Waals surface area contributed by atoms with Crippen LogP contribution in [-0.4, -0.2) is 18.2 Å². The Kier molecular flexibility index (Phi) is 5.03. The number of halogens is 3. The van der Waals surface area contributed by atoms with Crippen molar-refractivity contribution in [3.63, 3.8) is 0 Å². The summed E-state index contributed by atoms with van der Waals surface area (Å²) in [4.78, 5) is 15.8. The van der Waals surface area contributed by atoms with E-state index in [4.69, 9.17) is 9.57 Å². The minimum atomic E-state index is -4.69. The molecule has 7 heteroatoms. The van der Waals surface area contributed by atoms with Gasteiger partial charge in [-0.3, -0.25) is 4.79 Å². The molecule has 0 saturated heterocycles. The normalized spacial score (nSPS) is 18.4. The second kappa shape index (κ2) is 7.67. The zero-order chi connectivity index (χ0) is 21.2. The molecular formula is C23H16F3NO3. The fourth-order valence-corrected chi connectivity index (χ4v) is 3.23. The van der Waals surface area contributed by atoms with Gasteiger partial charge in [0.05, 0.1) is 5.71 Å². The fourth-order valence-electron chi connectivity index (χ4n) is 3.23. The molecule has 0 radical (unpaired) electrons. The van der Waals surface area contributed by atoms with Crippen LogP contribution in [0.3, 0.4) is 0 Å². The number of rotatable bonds is 5. The Labute approximate surface area is 170 Å². The van der Waals surface area contributed by atoms with Crippen molar-refractivity contribution in [3.05, 3.63) is 95.6 Å². The first-order valence-electron chi connectivity index (χ1n) is 9.12. The van der Waals surface area contributed by atoms with Crippen molar-refractivity contribution in [2.45, 2.75) is 18.2 Å². The maximum absolute atomic E-state index is 14.1. The van der Waals surface area contributed by atoms with E-state index in [1.54, 1.807) is 36.4 Å². The van der Waals surface area contributed by atoms with Crippen molar-refractivity contribution >= 4 is 12.0 Å². The Balaban J connectivity index is 1.60. The number of alkyl halides is 3. The number of oxime groups is 1. The average Bonchev–Trinajstić information content (AvgIpc) is 3.22. The van der Waals surface area contributed by atoms with Crippen LogP contribution < -0.4 is 4.74 Å². The van der Waals surface area contributed by atoms with E-state index in [-0.39, 0.29) is 11.3 Å². The molecule has 152 valence electrons. The summed E-state index contributed by atoms with van der Waals surface area (Å²) in [6.45, 7) is 0. The minimum absolute atomic E-state index is 0.0707.